The molecule has 2 unspecified atom stereocenters. The topological polar surface area (TPSA) is 29.9 Å². The Hall–Kier alpha value is -1.61. The van der Waals surface area contributed by atoms with Crippen molar-refractivity contribution in [1.82, 2.24) is 15.1 Å². The highest BCUT2D eigenvalue weighted by molar-refractivity contribution is 5.15. The Kier molecular flexibility index (Phi) is 4.16. The van der Waals surface area contributed by atoms with Crippen molar-refractivity contribution in [1.29, 1.82) is 0 Å². The van der Waals surface area contributed by atoms with Crippen molar-refractivity contribution in [2.24, 2.45) is 5.92 Å². The fourth-order valence-electron chi connectivity index (χ4n) is 3.05. The summed E-state index contributed by atoms with van der Waals surface area (Å²) in [6.45, 7) is 4.13. The van der Waals surface area contributed by atoms with Gasteiger partial charge >= 0.3 is 0 Å². The molecule has 1 aliphatic rings. The lowest BCUT2D eigenvalue weighted by Gasteiger charge is -2.16. The van der Waals surface area contributed by atoms with Gasteiger partial charge in [-0.05, 0) is 24.3 Å². The van der Waals surface area contributed by atoms with Crippen LogP contribution in [0.5, 0.6) is 0 Å². The standard InChI is InChI=1S/C17H23N3/c1-14-6-5-9-17(14)18-10-16-11-19-20(13-16)12-15-7-3-2-4-8-15/h2-4,7-8,11,13-14,17-18H,5-6,9-10,12H2,1H3. The third kappa shape index (κ3) is 3.28. The molecule has 106 valence electrons. The molecule has 1 aliphatic carbocycles. The molecule has 0 bridgehead atoms. The molecule has 1 saturated carbocycles. The van der Waals surface area contributed by atoms with E-state index in [0.29, 0.717) is 6.04 Å². The monoisotopic (exact) mass is 269 g/mol. The first-order chi connectivity index (χ1) is 9.81. The van der Waals surface area contributed by atoms with E-state index in [0.717, 1.165) is 19.0 Å². The van der Waals surface area contributed by atoms with Crippen molar-refractivity contribution in [3.63, 3.8) is 0 Å². The van der Waals surface area contributed by atoms with Crippen LogP contribution in [0.4, 0.5) is 0 Å². The second-order valence-corrected chi connectivity index (χ2v) is 5.93. The van der Waals surface area contributed by atoms with E-state index < -0.39 is 0 Å². The van der Waals surface area contributed by atoms with E-state index in [1.54, 1.807) is 0 Å². The van der Waals surface area contributed by atoms with Crippen LogP contribution in [0.3, 0.4) is 0 Å². The summed E-state index contributed by atoms with van der Waals surface area (Å²) in [5.41, 5.74) is 2.57. The molecule has 1 heterocycles. The fourth-order valence-corrected chi connectivity index (χ4v) is 3.05. The third-order valence-electron chi connectivity index (χ3n) is 4.30. The first-order valence-electron chi connectivity index (χ1n) is 7.60. The third-order valence-corrected chi connectivity index (χ3v) is 4.30. The molecule has 1 aromatic heterocycles. The van der Waals surface area contributed by atoms with Crippen LogP contribution in [0.25, 0.3) is 0 Å². The van der Waals surface area contributed by atoms with Crippen LogP contribution >= 0.6 is 0 Å². The number of hydrogen-bond donors (Lipinski definition) is 1. The van der Waals surface area contributed by atoms with E-state index >= 15 is 0 Å². The minimum absolute atomic E-state index is 0.687. The van der Waals surface area contributed by atoms with Crippen molar-refractivity contribution < 1.29 is 0 Å². The molecule has 0 aliphatic heterocycles. The van der Waals surface area contributed by atoms with Gasteiger partial charge in [-0.2, -0.15) is 5.10 Å². The van der Waals surface area contributed by atoms with E-state index in [-0.39, 0.29) is 0 Å². The Labute approximate surface area is 121 Å². The Morgan fingerprint density at radius 1 is 1.20 bits per heavy atom. The quantitative estimate of drug-likeness (QED) is 0.903. The van der Waals surface area contributed by atoms with Gasteiger partial charge in [0.25, 0.3) is 0 Å². The van der Waals surface area contributed by atoms with E-state index in [4.69, 9.17) is 0 Å². The summed E-state index contributed by atoms with van der Waals surface area (Å²) in [6, 6.07) is 11.2. The minimum atomic E-state index is 0.687. The first kappa shape index (κ1) is 13.4. The maximum atomic E-state index is 4.45. The van der Waals surface area contributed by atoms with Crippen LogP contribution in [-0.4, -0.2) is 15.8 Å². The molecule has 0 amide bonds. The lowest BCUT2D eigenvalue weighted by molar-refractivity contribution is 0.426. The predicted octanol–water partition coefficient (Wildman–Crippen LogP) is 3.21. The zero-order valence-electron chi connectivity index (χ0n) is 12.1. The van der Waals surface area contributed by atoms with E-state index in [1.165, 1.54) is 30.4 Å². The van der Waals surface area contributed by atoms with Crippen molar-refractivity contribution in [2.75, 3.05) is 0 Å². The van der Waals surface area contributed by atoms with Gasteiger partial charge in [0, 0.05) is 24.3 Å². The van der Waals surface area contributed by atoms with Crippen LogP contribution < -0.4 is 5.32 Å². The summed E-state index contributed by atoms with van der Waals surface area (Å²) in [4.78, 5) is 0. The molecule has 1 N–H and O–H groups in total. The maximum absolute atomic E-state index is 4.45. The lowest BCUT2D eigenvalue weighted by atomic mass is 10.1. The number of benzene rings is 1. The Balaban J connectivity index is 1.54. The minimum Gasteiger partial charge on any atom is -0.310 e. The molecule has 20 heavy (non-hydrogen) atoms. The van der Waals surface area contributed by atoms with Gasteiger partial charge in [0.05, 0.1) is 12.7 Å². The second kappa shape index (κ2) is 6.23. The van der Waals surface area contributed by atoms with Crippen LogP contribution in [-0.2, 0) is 13.1 Å². The SMILES string of the molecule is CC1CCCC1NCc1cnn(Cc2ccccc2)c1. The zero-order chi connectivity index (χ0) is 13.8. The van der Waals surface area contributed by atoms with Crippen LogP contribution in [0, 0.1) is 5.92 Å². The summed E-state index contributed by atoms with van der Waals surface area (Å²) in [7, 11) is 0. The number of nitrogens with zero attached hydrogens (tertiary/aromatic N) is 2. The number of rotatable bonds is 5. The van der Waals surface area contributed by atoms with Gasteiger partial charge in [0.2, 0.25) is 0 Å². The van der Waals surface area contributed by atoms with Gasteiger partial charge < -0.3 is 5.32 Å². The zero-order valence-corrected chi connectivity index (χ0v) is 12.1. The van der Waals surface area contributed by atoms with Gasteiger partial charge in [-0.1, -0.05) is 43.7 Å². The van der Waals surface area contributed by atoms with Crippen molar-refractivity contribution in [3.8, 4) is 0 Å². The summed E-state index contributed by atoms with van der Waals surface area (Å²) in [5.74, 6) is 0.814. The van der Waals surface area contributed by atoms with Gasteiger partial charge in [-0.3, -0.25) is 4.68 Å². The van der Waals surface area contributed by atoms with Crippen molar-refractivity contribution >= 4 is 0 Å². The van der Waals surface area contributed by atoms with Gasteiger partial charge in [-0.15, -0.1) is 0 Å². The Bertz CT molecular complexity index is 532. The van der Waals surface area contributed by atoms with Crippen molar-refractivity contribution in [2.45, 2.75) is 45.3 Å². The highest BCUT2D eigenvalue weighted by Crippen LogP contribution is 2.24. The van der Waals surface area contributed by atoms with E-state index in [9.17, 15) is 0 Å². The molecule has 3 heteroatoms. The molecule has 0 spiro atoms. The van der Waals surface area contributed by atoms with Crippen LogP contribution in [0.15, 0.2) is 42.7 Å². The molecular formula is C17H23N3. The molecule has 3 nitrogen and oxygen atoms in total. The fraction of sp³-hybridized carbons (Fsp3) is 0.471. The Morgan fingerprint density at radius 2 is 2.05 bits per heavy atom. The van der Waals surface area contributed by atoms with Gasteiger partial charge in [0.15, 0.2) is 0 Å². The molecule has 3 rings (SSSR count). The molecule has 1 fully saturated rings. The largest absolute Gasteiger partial charge is 0.310 e. The predicted molar refractivity (Wildman–Crippen MR) is 81.4 cm³/mol. The van der Waals surface area contributed by atoms with Gasteiger partial charge in [0.1, 0.15) is 0 Å². The molecule has 0 radical (unpaired) electrons. The smallest absolute Gasteiger partial charge is 0.0659 e. The molecule has 2 atom stereocenters. The maximum Gasteiger partial charge on any atom is 0.0659 e. The van der Waals surface area contributed by atoms with E-state index in [2.05, 4.69) is 47.8 Å². The van der Waals surface area contributed by atoms with Gasteiger partial charge in [-0.25, -0.2) is 0 Å². The summed E-state index contributed by atoms with van der Waals surface area (Å²) >= 11 is 0. The first-order valence-corrected chi connectivity index (χ1v) is 7.60. The molecule has 1 aromatic carbocycles. The summed E-state index contributed by atoms with van der Waals surface area (Å²) < 4.78 is 2.02. The summed E-state index contributed by atoms with van der Waals surface area (Å²) in [6.07, 6.45) is 8.19. The second-order valence-electron chi connectivity index (χ2n) is 5.93. The molecule has 2 aromatic rings. The number of aromatic nitrogens is 2. The summed E-state index contributed by atoms with van der Waals surface area (Å²) in [5, 5.41) is 8.12. The average Bonchev–Trinajstić information content (AvgIpc) is 3.07. The highest BCUT2D eigenvalue weighted by atomic mass is 15.3. The average molecular weight is 269 g/mol. The van der Waals surface area contributed by atoms with E-state index in [1.807, 2.05) is 16.9 Å². The van der Waals surface area contributed by atoms with Crippen LogP contribution in [0.2, 0.25) is 0 Å². The molecular weight excluding hydrogens is 246 g/mol. The lowest BCUT2D eigenvalue weighted by Crippen LogP contribution is -2.30. The highest BCUT2D eigenvalue weighted by Gasteiger charge is 2.22. The van der Waals surface area contributed by atoms with Crippen LogP contribution in [0.1, 0.15) is 37.3 Å². The molecule has 0 saturated heterocycles. The normalized spacial score (nSPS) is 22.2. The van der Waals surface area contributed by atoms with Crippen molar-refractivity contribution in [3.05, 3.63) is 53.9 Å². The Morgan fingerprint density at radius 3 is 2.80 bits per heavy atom. The number of hydrogen-bond acceptors (Lipinski definition) is 2. The number of nitrogens with one attached hydrogen (secondary N) is 1.